The summed E-state index contributed by atoms with van der Waals surface area (Å²) < 4.78 is 7.68. The Labute approximate surface area is 323 Å². The van der Waals surface area contributed by atoms with Gasteiger partial charge in [-0.2, -0.15) is 0 Å². The summed E-state index contributed by atoms with van der Waals surface area (Å²) >= 11 is 0. The first kappa shape index (κ1) is 44.2. The Balaban J connectivity index is 1.75. The lowest BCUT2D eigenvalue weighted by atomic mass is 9.76. The average molecular weight is 767 g/mol. The number of aryl methyl sites for hydroxylation is 1. The molecule has 2 heterocycles. The van der Waals surface area contributed by atoms with Crippen molar-refractivity contribution in [3.8, 4) is 0 Å². The highest BCUT2D eigenvalue weighted by Gasteiger charge is 2.46. The van der Waals surface area contributed by atoms with Crippen LogP contribution in [0.15, 0.2) is 42.1 Å². The standard InChI is InChI=1S/C40H58N6O9/c1-25(34(50)41-22-15-18-31(49)55-46-29(47)19-20-30(46)48)21-23-43(10)36(52)32(38(2,3)4)42-35(51)33(45(12)37(53)54-39(5,6)7)40(8,9)27-24-44(11)28-17-14-13-16-26(27)28/h13-14,16-17,21,24,32-33H,15,18-20,22-23H2,1-12H3,(H,41,50)(H,42,51)/b25-21+/t32?,33-/m1/s1. The molecule has 1 fully saturated rings. The Hall–Kier alpha value is -5.21. The summed E-state index contributed by atoms with van der Waals surface area (Å²) in [6, 6.07) is 5.69. The SMILES string of the molecule is C/C(=C\CN(C)C(=O)C(NC(=O)[C@@H](N(C)C(=O)OC(C)(C)C)C(C)(C)c1cn(C)c2ccccc12)C(C)(C)C)C(=O)NCCCC(=O)ON1C(=O)CCC1=O. The van der Waals surface area contributed by atoms with Crippen molar-refractivity contribution in [2.24, 2.45) is 12.5 Å². The Morgan fingerprint density at radius 1 is 0.945 bits per heavy atom. The van der Waals surface area contributed by atoms with Crippen LogP contribution in [-0.4, -0.2) is 106 Å². The van der Waals surface area contributed by atoms with Crippen LogP contribution < -0.4 is 10.6 Å². The molecule has 302 valence electrons. The number of nitrogens with zero attached hydrogens (tertiary/aromatic N) is 4. The number of carbonyl (C=O) groups excluding carboxylic acids is 7. The Morgan fingerprint density at radius 3 is 2.13 bits per heavy atom. The highest BCUT2D eigenvalue weighted by Crippen LogP contribution is 2.37. The predicted molar refractivity (Wildman–Crippen MR) is 206 cm³/mol. The molecule has 0 radical (unpaired) electrons. The number of carbonyl (C=O) groups is 7. The van der Waals surface area contributed by atoms with Gasteiger partial charge in [0.05, 0.1) is 0 Å². The lowest BCUT2D eigenvalue weighted by Gasteiger charge is -2.41. The van der Waals surface area contributed by atoms with Crippen molar-refractivity contribution >= 4 is 52.5 Å². The summed E-state index contributed by atoms with van der Waals surface area (Å²) in [7, 11) is 5.01. The highest BCUT2D eigenvalue weighted by molar-refractivity contribution is 6.01. The van der Waals surface area contributed by atoms with Crippen molar-refractivity contribution in [2.45, 2.75) is 111 Å². The van der Waals surface area contributed by atoms with Gasteiger partial charge in [0.2, 0.25) is 17.7 Å². The number of hydrogen-bond donors (Lipinski definition) is 2. The second kappa shape index (κ2) is 17.5. The number of rotatable bonds is 14. The van der Waals surface area contributed by atoms with Crippen LogP contribution in [0.2, 0.25) is 0 Å². The molecule has 1 aliphatic heterocycles. The first-order valence-corrected chi connectivity index (χ1v) is 18.4. The third kappa shape index (κ3) is 11.2. The molecule has 15 heteroatoms. The molecule has 0 bridgehead atoms. The number of nitrogens with one attached hydrogen (secondary N) is 2. The number of ether oxygens (including phenoxy) is 1. The molecule has 15 nitrogen and oxygen atoms in total. The molecule has 1 saturated heterocycles. The zero-order valence-corrected chi connectivity index (χ0v) is 34.3. The molecule has 55 heavy (non-hydrogen) atoms. The molecular weight excluding hydrogens is 708 g/mol. The minimum atomic E-state index is -1.10. The fourth-order valence-electron chi connectivity index (χ4n) is 6.36. The van der Waals surface area contributed by atoms with Crippen LogP contribution in [0.25, 0.3) is 10.9 Å². The first-order chi connectivity index (χ1) is 25.4. The van der Waals surface area contributed by atoms with E-state index >= 15 is 0 Å². The number of likely N-dealkylation sites (N-methyl/N-ethyl adjacent to an activating group) is 2. The van der Waals surface area contributed by atoms with E-state index in [9.17, 15) is 33.6 Å². The molecule has 1 aromatic heterocycles. The maximum atomic E-state index is 14.6. The van der Waals surface area contributed by atoms with E-state index in [1.165, 1.54) is 16.8 Å². The summed E-state index contributed by atoms with van der Waals surface area (Å²) in [5.74, 6) is -3.25. The van der Waals surface area contributed by atoms with E-state index in [2.05, 4.69) is 10.6 Å². The lowest BCUT2D eigenvalue weighted by Crippen LogP contribution is -2.62. The summed E-state index contributed by atoms with van der Waals surface area (Å²) in [6.45, 7) is 16.3. The number of imide groups is 1. The molecule has 0 saturated carbocycles. The summed E-state index contributed by atoms with van der Waals surface area (Å²) in [5, 5.41) is 7.09. The molecule has 1 unspecified atom stereocenters. The zero-order chi connectivity index (χ0) is 41.6. The Bertz CT molecular complexity index is 1820. The van der Waals surface area contributed by atoms with Crippen molar-refractivity contribution in [3.05, 3.63) is 47.7 Å². The van der Waals surface area contributed by atoms with Crippen LogP contribution in [0.4, 0.5) is 4.79 Å². The van der Waals surface area contributed by atoms with Crippen LogP contribution in [0.5, 0.6) is 0 Å². The van der Waals surface area contributed by atoms with Gasteiger partial charge in [-0.05, 0) is 51.2 Å². The normalized spacial score (nSPS) is 15.1. The number of amides is 6. The maximum Gasteiger partial charge on any atom is 0.410 e. The predicted octanol–water partition coefficient (Wildman–Crippen LogP) is 4.13. The average Bonchev–Trinajstić information content (AvgIpc) is 3.60. The number of benzene rings is 1. The van der Waals surface area contributed by atoms with Gasteiger partial charge in [-0.25, -0.2) is 9.59 Å². The van der Waals surface area contributed by atoms with Crippen LogP contribution in [-0.2, 0) is 50.8 Å². The summed E-state index contributed by atoms with van der Waals surface area (Å²) in [4.78, 5) is 97.7. The Morgan fingerprint density at radius 2 is 1.55 bits per heavy atom. The van der Waals surface area contributed by atoms with Crippen molar-refractivity contribution in [2.75, 3.05) is 27.2 Å². The van der Waals surface area contributed by atoms with Gasteiger partial charge < -0.3 is 29.7 Å². The smallest absolute Gasteiger partial charge is 0.410 e. The van der Waals surface area contributed by atoms with E-state index in [1.54, 1.807) is 40.8 Å². The van der Waals surface area contributed by atoms with Crippen molar-refractivity contribution < 1.29 is 43.1 Å². The van der Waals surface area contributed by atoms with Crippen molar-refractivity contribution in [1.29, 1.82) is 0 Å². The lowest BCUT2D eigenvalue weighted by molar-refractivity contribution is -0.197. The molecule has 2 atom stereocenters. The molecule has 1 aliphatic rings. The van der Waals surface area contributed by atoms with Gasteiger partial charge in [-0.3, -0.25) is 28.9 Å². The van der Waals surface area contributed by atoms with Gasteiger partial charge in [0, 0.05) is 81.6 Å². The monoisotopic (exact) mass is 766 g/mol. The van der Waals surface area contributed by atoms with Crippen LogP contribution in [0, 0.1) is 5.41 Å². The zero-order valence-electron chi connectivity index (χ0n) is 34.3. The third-order valence-corrected chi connectivity index (χ3v) is 9.44. The van der Waals surface area contributed by atoms with E-state index < -0.39 is 70.1 Å². The van der Waals surface area contributed by atoms with E-state index in [0.717, 1.165) is 16.5 Å². The van der Waals surface area contributed by atoms with Crippen LogP contribution >= 0.6 is 0 Å². The molecule has 1 aromatic carbocycles. The molecule has 0 aliphatic carbocycles. The molecule has 0 spiro atoms. The number of para-hydroxylation sites is 1. The molecule has 3 rings (SSSR count). The molecule has 6 amide bonds. The third-order valence-electron chi connectivity index (χ3n) is 9.44. The van der Waals surface area contributed by atoms with Gasteiger partial charge in [-0.1, -0.05) is 58.9 Å². The van der Waals surface area contributed by atoms with Gasteiger partial charge in [-0.15, -0.1) is 5.06 Å². The number of hydrogen-bond acceptors (Lipinski definition) is 9. The fraction of sp³-hybridized carbons (Fsp3) is 0.575. The highest BCUT2D eigenvalue weighted by atomic mass is 16.7. The van der Waals surface area contributed by atoms with E-state index in [0.29, 0.717) is 10.6 Å². The quantitative estimate of drug-likeness (QED) is 0.163. The molecular formula is C40H58N6O9. The second-order valence-electron chi connectivity index (χ2n) is 16.7. The van der Waals surface area contributed by atoms with Gasteiger partial charge in [0.25, 0.3) is 11.8 Å². The van der Waals surface area contributed by atoms with Crippen molar-refractivity contribution in [3.63, 3.8) is 0 Å². The topological polar surface area (TPSA) is 177 Å². The van der Waals surface area contributed by atoms with Gasteiger partial charge in [0.15, 0.2) is 0 Å². The number of hydroxylamine groups is 2. The first-order valence-electron chi connectivity index (χ1n) is 18.4. The largest absolute Gasteiger partial charge is 0.444 e. The second-order valence-corrected chi connectivity index (χ2v) is 16.7. The van der Waals surface area contributed by atoms with Crippen molar-refractivity contribution in [1.82, 2.24) is 30.1 Å². The minimum Gasteiger partial charge on any atom is -0.444 e. The van der Waals surface area contributed by atoms with Crippen LogP contribution in [0.3, 0.4) is 0 Å². The maximum absolute atomic E-state index is 14.6. The van der Waals surface area contributed by atoms with E-state index in [1.807, 2.05) is 76.7 Å². The van der Waals surface area contributed by atoms with Crippen LogP contribution in [0.1, 0.15) is 93.6 Å². The fourth-order valence-corrected chi connectivity index (χ4v) is 6.36. The van der Waals surface area contributed by atoms with Gasteiger partial charge >= 0.3 is 12.1 Å². The number of fused-ring (bicyclic) bond motifs is 1. The number of aromatic nitrogens is 1. The van der Waals surface area contributed by atoms with E-state index in [-0.39, 0.29) is 38.8 Å². The molecule has 2 N–H and O–H groups in total. The van der Waals surface area contributed by atoms with E-state index in [4.69, 9.17) is 9.57 Å². The Kier molecular flexibility index (Phi) is 14.1. The molecule has 2 aromatic rings. The summed E-state index contributed by atoms with van der Waals surface area (Å²) in [5.41, 5.74) is -0.424. The van der Waals surface area contributed by atoms with Gasteiger partial charge in [0.1, 0.15) is 17.7 Å². The summed E-state index contributed by atoms with van der Waals surface area (Å²) in [6.07, 6.45) is 2.93. The minimum absolute atomic E-state index is 0.00109.